The van der Waals surface area contributed by atoms with Crippen molar-refractivity contribution in [1.29, 1.82) is 0 Å². The lowest BCUT2D eigenvalue weighted by molar-refractivity contribution is -0.123. The summed E-state index contributed by atoms with van der Waals surface area (Å²) in [7, 11) is 4.13. The van der Waals surface area contributed by atoms with E-state index in [9.17, 15) is 4.79 Å². The van der Waals surface area contributed by atoms with Gasteiger partial charge in [-0.05, 0) is 42.3 Å². The van der Waals surface area contributed by atoms with Crippen LogP contribution in [0.25, 0.3) is 11.1 Å². The number of amides is 1. The topological polar surface area (TPSA) is 58.4 Å². The summed E-state index contributed by atoms with van der Waals surface area (Å²) in [6.45, 7) is 5.31. The van der Waals surface area contributed by atoms with E-state index in [4.69, 9.17) is 5.73 Å². The molecule has 2 aromatic carbocycles. The molecule has 0 aliphatic heterocycles. The third kappa shape index (κ3) is 5.41. The van der Waals surface area contributed by atoms with Gasteiger partial charge in [-0.25, -0.2) is 0 Å². The molecule has 4 heteroatoms. The van der Waals surface area contributed by atoms with Crippen LogP contribution in [-0.2, 0) is 17.9 Å². The van der Waals surface area contributed by atoms with Crippen molar-refractivity contribution in [2.24, 2.45) is 11.7 Å². The average molecular weight is 339 g/mol. The molecule has 0 unspecified atom stereocenters. The van der Waals surface area contributed by atoms with Crippen LogP contribution in [0.1, 0.15) is 25.0 Å². The first-order valence-corrected chi connectivity index (χ1v) is 8.73. The molecule has 0 aromatic heterocycles. The van der Waals surface area contributed by atoms with E-state index in [-0.39, 0.29) is 11.8 Å². The number of nitrogens with zero attached hydrogens (tertiary/aromatic N) is 1. The first-order chi connectivity index (χ1) is 11.9. The van der Waals surface area contributed by atoms with Gasteiger partial charge in [-0.3, -0.25) is 4.79 Å². The van der Waals surface area contributed by atoms with Crippen molar-refractivity contribution in [2.75, 3.05) is 14.1 Å². The Labute approximate surface area is 151 Å². The van der Waals surface area contributed by atoms with Crippen LogP contribution in [-0.4, -0.2) is 30.9 Å². The molecule has 3 N–H and O–H groups in total. The van der Waals surface area contributed by atoms with Crippen LogP contribution in [0.3, 0.4) is 0 Å². The summed E-state index contributed by atoms with van der Waals surface area (Å²) in [6, 6.07) is 16.3. The lowest BCUT2D eigenvalue weighted by Crippen LogP contribution is -2.43. The van der Waals surface area contributed by atoms with Crippen molar-refractivity contribution in [1.82, 2.24) is 10.2 Å². The summed E-state index contributed by atoms with van der Waals surface area (Å²) in [6.07, 6.45) is 0. The minimum absolute atomic E-state index is 0.105. The highest BCUT2D eigenvalue weighted by Crippen LogP contribution is 2.24. The van der Waals surface area contributed by atoms with E-state index in [1.165, 1.54) is 5.56 Å². The molecular weight excluding hydrogens is 310 g/mol. The zero-order chi connectivity index (χ0) is 18.4. The number of benzene rings is 2. The van der Waals surface area contributed by atoms with Crippen LogP contribution in [0.4, 0.5) is 0 Å². The molecule has 2 rings (SSSR count). The number of hydrogen-bond acceptors (Lipinski definition) is 3. The number of rotatable bonds is 7. The molecule has 4 nitrogen and oxygen atoms in total. The van der Waals surface area contributed by atoms with Crippen molar-refractivity contribution >= 4 is 5.91 Å². The third-order valence-corrected chi connectivity index (χ3v) is 4.26. The fourth-order valence-corrected chi connectivity index (χ4v) is 2.71. The highest BCUT2D eigenvalue weighted by molar-refractivity contribution is 5.82. The number of nitrogens with one attached hydrogen (secondary N) is 1. The minimum atomic E-state index is -0.475. The van der Waals surface area contributed by atoms with Gasteiger partial charge in [0.25, 0.3) is 0 Å². The van der Waals surface area contributed by atoms with Crippen LogP contribution in [0.2, 0.25) is 0 Å². The van der Waals surface area contributed by atoms with Gasteiger partial charge >= 0.3 is 0 Å². The van der Waals surface area contributed by atoms with Gasteiger partial charge in [0.05, 0.1) is 6.04 Å². The average Bonchev–Trinajstić information content (AvgIpc) is 2.59. The van der Waals surface area contributed by atoms with Crippen LogP contribution in [0.15, 0.2) is 48.5 Å². The number of hydrogen-bond donors (Lipinski definition) is 2. The van der Waals surface area contributed by atoms with Gasteiger partial charge in [-0.15, -0.1) is 0 Å². The van der Waals surface area contributed by atoms with E-state index in [0.717, 1.165) is 23.2 Å². The van der Waals surface area contributed by atoms with Gasteiger partial charge in [0.1, 0.15) is 0 Å². The van der Waals surface area contributed by atoms with Gasteiger partial charge in [-0.2, -0.15) is 0 Å². The fraction of sp³-hybridized carbons (Fsp3) is 0.381. The maximum Gasteiger partial charge on any atom is 0.237 e. The zero-order valence-electron chi connectivity index (χ0n) is 15.6. The lowest BCUT2D eigenvalue weighted by Gasteiger charge is -2.17. The smallest absolute Gasteiger partial charge is 0.237 e. The maximum absolute atomic E-state index is 12.1. The summed E-state index contributed by atoms with van der Waals surface area (Å²) in [4.78, 5) is 14.3. The van der Waals surface area contributed by atoms with Gasteiger partial charge in [-0.1, -0.05) is 62.4 Å². The SMILES string of the molecule is CC(C)[C@H](N)C(=O)NCc1ccccc1-c1ccc(CN(C)C)cc1. The van der Waals surface area contributed by atoms with Gasteiger partial charge in [0, 0.05) is 13.1 Å². The standard InChI is InChI=1S/C21H29N3O/c1-15(2)20(22)21(25)23-13-18-7-5-6-8-19(18)17-11-9-16(10-12-17)14-24(3)4/h5-12,15,20H,13-14,22H2,1-4H3,(H,23,25)/t20-/m0/s1. The Kier molecular flexibility index (Phi) is 6.73. The van der Waals surface area contributed by atoms with Gasteiger partial charge < -0.3 is 16.0 Å². The third-order valence-electron chi connectivity index (χ3n) is 4.26. The minimum Gasteiger partial charge on any atom is -0.351 e. The van der Waals surface area contributed by atoms with Crippen molar-refractivity contribution in [3.63, 3.8) is 0 Å². The van der Waals surface area contributed by atoms with Crippen molar-refractivity contribution in [3.05, 3.63) is 59.7 Å². The van der Waals surface area contributed by atoms with Crippen LogP contribution in [0, 0.1) is 5.92 Å². The van der Waals surface area contributed by atoms with Crippen LogP contribution in [0.5, 0.6) is 0 Å². The fourth-order valence-electron chi connectivity index (χ4n) is 2.71. The van der Waals surface area contributed by atoms with E-state index in [1.54, 1.807) is 0 Å². The Hall–Kier alpha value is -2.17. The Balaban J connectivity index is 2.13. The Morgan fingerprint density at radius 2 is 1.72 bits per heavy atom. The molecule has 0 fully saturated rings. The summed E-state index contributed by atoms with van der Waals surface area (Å²) in [5.41, 5.74) is 10.6. The molecule has 0 radical (unpaired) electrons. The van der Waals surface area contributed by atoms with E-state index >= 15 is 0 Å². The van der Waals surface area contributed by atoms with E-state index in [2.05, 4.69) is 54.6 Å². The molecular formula is C21H29N3O. The zero-order valence-corrected chi connectivity index (χ0v) is 15.6. The molecule has 0 saturated heterocycles. The summed E-state index contributed by atoms with van der Waals surface area (Å²) < 4.78 is 0. The predicted octanol–water partition coefficient (Wildman–Crippen LogP) is 3.01. The highest BCUT2D eigenvalue weighted by atomic mass is 16.2. The first kappa shape index (κ1) is 19.2. The largest absolute Gasteiger partial charge is 0.351 e. The Morgan fingerprint density at radius 3 is 2.32 bits per heavy atom. The second-order valence-electron chi connectivity index (χ2n) is 7.08. The van der Waals surface area contributed by atoms with E-state index in [1.807, 2.05) is 32.0 Å². The van der Waals surface area contributed by atoms with Crippen molar-refractivity contribution in [2.45, 2.75) is 33.0 Å². The highest BCUT2D eigenvalue weighted by Gasteiger charge is 2.17. The van der Waals surface area contributed by atoms with Crippen LogP contribution < -0.4 is 11.1 Å². The summed E-state index contributed by atoms with van der Waals surface area (Å²) in [5.74, 6) is 0.0191. The maximum atomic E-state index is 12.1. The molecule has 2 aromatic rings. The molecule has 134 valence electrons. The van der Waals surface area contributed by atoms with Gasteiger partial charge in [0.2, 0.25) is 5.91 Å². The first-order valence-electron chi connectivity index (χ1n) is 8.73. The van der Waals surface area contributed by atoms with Crippen molar-refractivity contribution < 1.29 is 4.79 Å². The molecule has 1 atom stereocenters. The predicted molar refractivity (Wildman–Crippen MR) is 104 cm³/mol. The molecule has 0 aliphatic rings. The lowest BCUT2D eigenvalue weighted by atomic mass is 9.98. The van der Waals surface area contributed by atoms with Crippen molar-refractivity contribution in [3.8, 4) is 11.1 Å². The monoisotopic (exact) mass is 339 g/mol. The molecule has 0 heterocycles. The summed E-state index contributed by atoms with van der Waals surface area (Å²) in [5, 5.41) is 2.96. The second kappa shape index (κ2) is 8.79. The molecule has 0 spiro atoms. The molecule has 0 bridgehead atoms. The van der Waals surface area contributed by atoms with Crippen LogP contribution >= 0.6 is 0 Å². The summed E-state index contributed by atoms with van der Waals surface area (Å²) >= 11 is 0. The Morgan fingerprint density at radius 1 is 1.08 bits per heavy atom. The molecule has 0 aliphatic carbocycles. The number of nitrogens with two attached hydrogens (primary N) is 1. The van der Waals surface area contributed by atoms with Gasteiger partial charge in [0.15, 0.2) is 0 Å². The normalized spacial score (nSPS) is 12.4. The van der Waals surface area contributed by atoms with E-state index < -0.39 is 6.04 Å². The molecule has 25 heavy (non-hydrogen) atoms. The quantitative estimate of drug-likeness (QED) is 0.815. The number of carbonyl (C=O) groups is 1. The second-order valence-corrected chi connectivity index (χ2v) is 7.08. The Bertz CT molecular complexity index is 693. The molecule has 1 amide bonds. The molecule has 0 saturated carbocycles. The van der Waals surface area contributed by atoms with E-state index in [0.29, 0.717) is 6.54 Å². The number of carbonyl (C=O) groups excluding carboxylic acids is 1.